The molecule has 3 aromatic carbocycles. The summed E-state index contributed by atoms with van der Waals surface area (Å²) in [7, 11) is 0. The summed E-state index contributed by atoms with van der Waals surface area (Å²) in [6.07, 6.45) is 1.18. The van der Waals surface area contributed by atoms with Gasteiger partial charge in [0.05, 0.1) is 5.75 Å². The average molecular weight is 558 g/mol. The Morgan fingerprint density at radius 1 is 0.946 bits per heavy atom. The van der Waals surface area contributed by atoms with Crippen molar-refractivity contribution < 1.29 is 9.59 Å². The predicted octanol–water partition coefficient (Wildman–Crippen LogP) is 7.09. The Morgan fingerprint density at radius 2 is 1.59 bits per heavy atom. The molecule has 0 aromatic heterocycles. The average Bonchev–Trinajstić information content (AvgIpc) is 2.88. The molecule has 0 saturated carbocycles. The molecule has 7 heteroatoms. The highest BCUT2D eigenvalue weighted by atomic mass is 35.5. The van der Waals surface area contributed by atoms with Crippen LogP contribution < -0.4 is 5.32 Å². The molecular formula is C30H34Cl2N2O2S. The van der Waals surface area contributed by atoms with E-state index in [1.54, 1.807) is 23.1 Å². The van der Waals surface area contributed by atoms with E-state index in [9.17, 15) is 9.59 Å². The summed E-state index contributed by atoms with van der Waals surface area (Å²) in [4.78, 5) is 29.0. The molecule has 0 bridgehead atoms. The third-order valence-corrected chi connectivity index (χ3v) is 7.94. The maximum absolute atomic E-state index is 13.8. The molecule has 0 fully saturated rings. The number of nitrogens with zero attached hydrogens (tertiary/aromatic N) is 1. The maximum atomic E-state index is 13.8. The number of thioether (sulfide) groups is 1. The van der Waals surface area contributed by atoms with Gasteiger partial charge in [0.15, 0.2) is 0 Å². The summed E-state index contributed by atoms with van der Waals surface area (Å²) in [6, 6.07) is 22.6. The molecular weight excluding hydrogens is 523 g/mol. The Morgan fingerprint density at radius 3 is 2.24 bits per heavy atom. The summed E-state index contributed by atoms with van der Waals surface area (Å²) >= 11 is 14.5. The zero-order chi connectivity index (χ0) is 26.8. The van der Waals surface area contributed by atoms with Crippen molar-refractivity contribution in [2.24, 2.45) is 0 Å². The molecule has 0 heterocycles. The van der Waals surface area contributed by atoms with Crippen LogP contribution in [0.2, 0.25) is 10.0 Å². The normalized spacial score (nSPS) is 12.6. The standard InChI is InChI=1S/C30H34Cl2N2O2S/c1-4-22(3)33-30(36)28(17-23-11-6-5-7-12-23)34(18-25-26(31)14-9-15-27(25)32)29(35)20-37-19-24-13-8-10-21(2)16-24/h5-16,22,28H,4,17-20H2,1-3H3,(H,33,36)/t22-,28-/m0/s1. The van der Waals surface area contributed by atoms with Crippen LogP contribution in [-0.2, 0) is 28.3 Å². The monoisotopic (exact) mass is 556 g/mol. The van der Waals surface area contributed by atoms with Crippen LogP contribution in [0.1, 0.15) is 42.5 Å². The van der Waals surface area contributed by atoms with Crippen LogP contribution in [0.4, 0.5) is 0 Å². The molecule has 0 radical (unpaired) electrons. The van der Waals surface area contributed by atoms with Crippen molar-refractivity contribution >= 4 is 46.8 Å². The first kappa shape index (κ1) is 29.1. The molecule has 0 saturated heterocycles. The number of benzene rings is 3. The van der Waals surface area contributed by atoms with Crippen molar-refractivity contribution in [1.82, 2.24) is 10.2 Å². The number of hydrogen-bond donors (Lipinski definition) is 1. The van der Waals surface area contributed by atoms with Crippen LogP contribution in [0.15, 0.2) is 72.8 Å². The molecule has 0 unspecified atom stereocenters. The molecule has 0 spiro atoms. The third kappa shape index (κ3) is 8.80. The van der Waals surface area contributed by atoms with Crippen LogP contribution in [0, 0.1) is 6.92 Å². The van der Waals surface area contributed by atoms with Crippen molar-refractivity contribution in [3.63, 3.8) is 0 Å². The van der Waals surface area contributed by atoms with Crippen molar-refractivity contribution in [3.8, 4) is 0 Å². The van der Waals surface area contributed by atoms with Gasteiger partial charge in [-0.05, 0) is 43.5 Å². The van der Waals surface area contributed by atoms with Gasteiger partial charge in [0.1, 0.15) is 6.04 Å². The number of aryl methyl sites for hydroxylation is 1. The van der Waals surface area contributed by atoms with E-state index in [0.29, 0.717) is 27.8 Å². The molecule has 4 nitrogen and oxygen atoms in total. The summed E-state index contributed by atoms with van der Waals surface area (Å²) in [6.45, 7) is 6.18. The maximum Gasteiger partial charge on any atom is 0.243 e. The quantitative estimate of drug-likeness (QED) is 0.259. The Bertz CT molecular complexity index is 1170. The molecule has 1 N–H and O–H groups in total. The molecule has 0 aliphatic heterocycles. The molecule has 3 rings (SSSR count). The number of amides is 2. The topological polar surface area (TPSA) is 49.4 Å². The van der Waals surface area contributed by atoms with Gasteiger partial charge in [-0.15, -0.1) is 11.8 Å². The second-order valence-corrected chi connectivity index (χ2v) is 11.0. The Kier molecular flexibility index (Phi) is 11.4. The number of hydrogen-bond acceptors (Lipinski definition) is 3. The summed E-state index contributed by atoms with van der Waals surface area (Å²) in [5, 5.41) is 4.02. The SMILES string of the molecule is CC[C@H](C)NC(=O)[C@H](Cc1ccccc1)N(Cc1c(Cl)cccc1Cl)C(=O)CSCc1cccc(C)c1. The zero-order valence-corrected chi connectivity index (χ0v) is 23.9. The minimum Gasteiger partial charge on any atom is -0.352 e. The Hall–Kier alpha value is -2.47. The van der Waals surface area contributed by atoms with Crippen molar-refractivity contribution in [2.45, 2.75) is 58.0 Å². The van der Waals surface area contributed by atoms with Crippen LogP contribution in [0.25, 0.3) is 0 Å². The largest absolute Gasteiger partial charge is 0.352 e. The van der Waals surface area contributed by atoms with E-state index in [2.05, 4.69) is 30.4 Å². The highest BCUT2D eigenvalue weighted by Gasteiger charge is 2.31. The third-order valence-electron chi connectivity index (χ3n) is 6.24. The number of carbonyl (C=O) groups excluding carboxylic acids is 2. The van der Waals surface area contributed by atoms with E-state index < -0.39 is 6.04 Å². The van der Waals surface area contributed by atoms with E-state index in [0.717, 1.165) is 17.5 Å². The number of rotatable bonds is 12. The first-order chi connectivity index (χ1) is 17.8. The van der Waals surface area contributed by atoms with Gasteiger partial charge < -0.3 is 10.2 Å². The lowest BCUT2D eigenvalue weighted by molar-refractivity contribution is -0.139. The van der Waals surface area contributed by atoms with Gasteiger partial charge in [0, 0.05) is 40.4 Å². The van der Waals surface area contributed by atoms with Crippen LogP contribution in [-0.4, -0.2) is 34.6 Å². The Labute approximate surface area is 234 Å². The van der Waals surface area contributed by atoms with Crippen molar-refractivity contribution in [2.75, 3.05) is 5.75 Å². The van der Waals surface area contributed by atoms with Gasteiger partial charge in [0.25, 0.3) is 0 Å². The fourth-order valence-corrected chi connectivity index (χ4v) is 5.36. The molecule has 0 aliphatic carbocycles. The minimum absolute atomic E-state index is 0.0117. The molecule has 2 atom stereocenters. The van der Waals surface area contributed by atoms with Crippen LogP contribution >= 0.6 is 35.0 Å². The first-order valence-corrected chi connectivity index (χ1v) is 14.4. The minimum atomic E-state index is -0.712. The van der Waals surface area contributed by atoms with Gasteiger partial charge in [-0.2, -0.15) is 0 Å². The molecule has 196 valence electrons. The van der Waals surface area contributed by atoms with Gasteiger partial charge >= 0.3 is 0 Å². The lowest BCUT2D eigenvalue weighted by atomic mass is 10.0. The lowest BCUT2D eigenvalue weighted by Crippen LogP contribution is -2.52. The van der Waals surface area contributed by atoms with Crippen molar-refractivity contribution in [1.29, 1.82) is 0 Å². The van der Waals surface area contributed by atoms with Gasteiger partial charge in [0.2, 0.25) is 11.8 Å². The molecule has 37 heavy (non-hydrogen) atoms. The summed E-state index contributed by atoms with van der Waals surface area (Å²) in [5.74, 6) is 0.626. The van der Waals surface area contributed by atoms with E-state index in [-0.39, 0.29) is 30.2 Å². The zero-order valence-electron chi connectivity index (χ0n) is 21.5. The molecule has 2 amide bonds. The van der Waals surface area contributed by atoms with E-state index in [4.69, 9.17) is 23.2 Å². The van der Waals surface area contributed by atoms with Gasteiger partial charge in [-0.1, -0.05) is 96.4 Å². The number of halogens is 2. The smallest absolute Gasteiger partial charge is 0.243 e. The second-order valence-electron chi connectivity index (χ2n) is 9.23. The summed E-state index contributed by atoms with van der Waals surface area (Å²) < 4.78 is 0. The van der Waals surface area contributed by atoms with E-state index >= 15 is 0 Å². The predicted molar refractivity (Wildman–Crippen MR) is 156 cm³/mol. The van der Waals surface area contributed by atoms with E-state index in [1.807, 2.05) is 50.2 Å². The molecule has 3 aromatic rings. The Balaban J connectivity index is 1.90. The highest BCUT2D eigenvalue weighted by molar-refractivity contribution is 7.99. The fourth-order valence-electron chi connectivity index (χ4n) is 3.99. The number of nitrogens with one attached hydrogen (secondary N) is 1. The van der Waals surface area contributed by atoms with Crippen LogP contribution in [0.3, 0.4) is 0 Å². The summed E-state index contributed by atoms with van der Waals surface area (Å²) in [5.41, 5.74) is 3.96. The highest BCUT2D eigenvalue weighted by Crippen LogP contribution is 2.28. The van der Waals surface area contributed by atoms with Gasteiger partial charge in [-0.25, -0.2) is 0 Å². The van der Waals surface area contributed by atoms with E-state index in [1.165, 1.54) is 17.3 Å². The molecule has 0 aliphatic rings. The fraction of sp³-hybridized carbons (Fsp3) is 0.333. The van der Waals surface area contributed by atoms with Crippen LogP contribution in [0.5, 0.6) is 0 Å². The second kappa shape index (κ2) is 14.5. The first-order valence-electron chi connectivity index (χ1n) is 12.5. The van der Waals surface area contributed by atoms with Crippen molar-refractivity contribution in [3.05, 3.63) is 105 Å². The lowest BCUT2D eigenvalue weighted by Gasteiger charge is -2.32. The van der Waals surface area contributed by atoms with Gasteiger partial charge in [-0.3, -0.25) is 9.59 Å². The number of carbonyl (C=O) groups is 2.